The zero-order valence-corrected chi connectivity index (χ0v) is 17.5. The minimum absolute atomic E-state index is 0.0268. The summed E-state index contributed by atoms with van der Waals surface area (Å²) in [6.07, 6.45) is 2.78. The molecule has 1 fully saturated rings. The van der Waals surface area contributed by atoms with Gasteiger partial charge in [0.05, 0.1) is 17.3 Å². The molecule has 144 valence electrons. The first-order valence-electron chi connectivity index (χ1n) is 8.83. The summed E-state index contributed by atoms with van der Waals surface area (Å²) in [5, 5.41) is 0.841. The van der Waals surface area contributed by atoms with Crippen LogP contribution >= 0.6 is 11.8 Å². The third-order valence-corrected chi connectivity index (χ3v) is 8.16. The number of thioether (sulfide) groups is 1. The van der Waals surface area contributed by atoms with E-state index >= 15 is 0 Å². The molecular weight excluding hydrogens is 372 g/mol. The van der Waals surface area contributed by atoms with Gasteiger partial charge >= 0.3 is 0 Å². The highest BCUT2D eigenvalue weighted by molar-refractivity contribution is 8.17. The molecule has 3 aliphatic heterocycles. The van der Waals surface area contributed by atoms with E-state index in [0.717, 1.165) is 41.5 Å². The Labute approximate surface area is 159 Å². The van der Waals surface area contributed by atoms with Gasteiger partial charge in [-0.3, -0.25) is 9.69 Å². The van der Waals surface area contributed by atoms with Crippen molar-refractivity contribution >= 4 is 38.6 Å². The van der Waals surface area contributed by atoms with Gasteiger partial charge < -0.3 is 0 Å². The number of hydrogen-bond acceptors (Lipinski definition) is 6. The van der Waals surface area contributed by atoms with Gasteiger partial charge in [0, 0.05) is 26.2 Å². The number of allylic oxidation sites excluding steroid dienone is 1. The van der Waals surface area contributed by atoms with Gasteiger partial charge in [0.15, 0.2) is 0 Å². The van der Waals surface area contributed by atoms with Gasteiger partial charge in [-0.15, -0.1) is 0 Å². The van der Waals surface area contributed by atoms with Gasteiger partial charge in [0.25, 0.3) is 5.91 Å². The van der Waals surface area contributed by atoms with Crippen LogP contribution in [0, 0.1) is 5.92 Å². The van der Waals surface area contributed by atoms with Crippen molar-refractivity contribution in [3.8, 4) is 0 Å². The predicted molar refractivity (Wildman–Crippen MR) is 106 cm³/mol. The zero-order chi connectivity index (χ0) is 19.2. The van der Waals surface area contributed by atoms with Crippen molar-refractivity contribution < 1.29 is 13.2 Å². The lowest BCUT2D eigenvalue weighted by Gasteiger charge is -2.38. The third-order valence-electron chi connectivity index (χ3n) is 5.65. The maximum atomic E-state index is 12.5. The lowest BCUT2D eigenvalue weighted by atomic mass is 9.99. The molecule has 0 aromatic heterocycles. The summed E-state index contributed by atoms with van der Waals surface area (Å²) in [5.74, 6) is 0.168. The van der Waals surface area contributed by atoms with Crippen LogP contribution < -0.4 is 0 Å². The van der Waals surface area contributed by atoms with E-state index in [0.29, 0.717) is 5.84 Å². The largest absolute Gasteiger partial charge is 0.294 e. The molecule has 0 aliphatic carbocycles. The number of likely N-dealkylation sites (tertiary alicyclic amines) is 1. The number of piperidine rings is 1. The summed E-state index contributed by atoms with van der Waals surface area (Å²) in [4.78, 5) is 24.8. The first kappa shape index (κ1) is 19.7. The molecule has 9 heteroatoms. The van der Waals surface area contributed by atoms with Crippen molar-refractivity contribution in [2.45, 2.75) is 45.7 Å². The van der Waals surface area contributed by atoms with Crippen LogP contribution in [0.2, 0.25) is 0 Å². The number of fused-ring (bicyclic) bond motifs is 1. The summed E-state index contributed by atoms with van der Waals surface area (Å²) in [7, 11) is -1.53. The average molecular weight is 399 g/mol. The lowest BCUT2D eigenvalue weighted by molar-refractivity contribution is -0.118. The molecule has 0 radical (unpaired) electrons. The van der Waals surface area contributed by atoms with E-state index in [-0.39, 0.29) is 23.9 Å². The number of amidine groups is 1. The number of carbonyl (C=O) groups is 1. The smallest absolute Gasteiger partial charge is 0.261 e. The Hall–Kier alpha value is -1.03. The standard InChI is InChI=1S/C17H26N4O3S2/c1-10-12(3)25-17-14(10)16(22)18-15(19-17)11(2)21-8-6-13(7-9-21)20(4)26(5,23)24/h11,13-14H,6-9H2,1-5H3. The molecule has 1 saturated heterocycles. The minimum Gasteiger partial charge on any atom is -0.294 e. The molecule has 0 saturated carbocycles. The predicted octanol–water partition coefficient (Wildman–Crippen LogP) is 1.72. The Balaban J connectivity index is 1.67. The van der Waals surface area contributed by atoms with E-state index in [1.54, 1.807) is 18.8 Å². The molecule has 7 nitrogen and oxygen atoms in total. The molecule has 3 heterocycles. The van der Waals surface area contributed by atoms with Crippen LogP contribution in [0.4, 0.5) is 0 Å². The molecule has 26 heavy (non-hydrogen) atoms. The van der Waals surface area contributed by atoms with Crippen LogP contribution in [0.15, 0.2) is 20.5 Å². The van der Waals surface area contributed by atoms with Gasteiger partial charge in [0.1, 0.15) is 11.8 Å². The molecule has 0 aromatic carbocycles. The number of rotatable bonds is 4. The Morgan fingerprint density at radius 3 is 2.42 bits per heavy atom. The van der Waals surface area contributed by atoms with Crippen LogP contribution in [0.1, 0.15) is 33.6 Å². The molecule has 1 amide bonds. The number of nitrogens with zero attached hydrogens (tertiary/aromatic N) is 4. The number of aliphatic imine (C=N–C) groups is 2. The summed E-state index contributed by atoms with van der Waals surface area (Å²) in [6, 6.07) is -0.0299. The lowest BCUT2D eigenvalue weighted by Crippen LogP contribution is -2.50. The average Bonchev–Trinajstić information content (AvgIpc) is 2.87. The van der Waals surface area contributed by atoms with Gasteiger partial charge in [0.2, 0.25) is 10.0 Å². The van der Waals surface area contributed by atoms with Gasteiger partial charge in [-0.05, 0) is 44.1 Å². The van der Waals surface area contributed by atoms with Crippen molar-refractivity contribution in [2.24, 2.45) is 15.9 Å². The fourth-order valence-corrected chi connectivity index (χ4v) is 5.52. The van der Waals surface area contributed by atoms with Gasteiger partial charge in [-0.1, -0.05) is 11.8 Å². The highest BCUT2D eigenvalue weighted by Crippen LogP contribution is 2.40. The summed E-state index contributed by atoms with van der Waals surface area (Å²) >= 11 is 1.57. The fraction of sp³-hybridized carbons (Fsp3) is 0.706. The summed E-state index contributed by atoms with van der Waals surface area (Å²) in [6.45, 7) is 7.53. The van der Waals surface area contributed by atoms with Crippen LogP contribution in [0.3, 0.4) is 0 Å². The Morgan fingerprint density at radius 1 is 1.23 bits per heavy atom. The number of amides is 1. The second-order valence-electron chi connectivity index (χ2n) is 7.25. The van der Waals surface area contributed by atoms with Gasteiger partial charge in [-0.25, -0.2) is 17.7 Å². The van der Waals surface area contributed by atoms with Crippen molar-refractivity contribution in [1.82, 2.24) is 9.21 Å². The minimum atomic E-state index is -3.17. The van der Waals surface area contributed by atoms with Crippen molar-refractivity contribution in [3.05, 3.63) is 10.5 Å². The highest BCUT2D eigenvalue weighted by atomic mass is 32.2. The van der Waals surface area contributed by atoms with Crippen molar-refractivity contribution in [2.75, 3.05) is 26.4 Å². The molecule has 0 bridgehead atoms. The zero-order valence-electron chi connectivity index (χ0n) is 15.9. The van der Waals surface area contributed by atoms with Crippen LogP contribution in [-0.2, 0) is 14.8 Å². The molecule has 3 rings (SSSR count). The molecule has 3 aliphatic rings. The molecule has 2 unspecified atom stereocenters. The molecule has 0 spiro atoms. The van der Waals surface area contributed by atoms with Crippen molar-refractivity contribution in [1.29, 1.82) is 0 Å². The van der Waals surface area contributed by atoms with Crippen LogP contribution in [0.5, 0.6) is 0 Å². The molecular formula is C17H26N4O3S2. The number of sulfonamides is 1. The third kappa shape index (κ3) is 3.67. The summed E-state index contributed by atoms with van der Waals surface area (Å²) < 4.78 is 24.9. The van der Waals surface area contributed by atoms with E-state index in [4.69, 9.17) is 0 Å². The van der Waals surface area contributed by atoms with Crippen molar-refractivity contribution in [3.63, 3.8) is 0 Å². The second kappa shape index (κ2) is 7.18. The SMILES string of the molecule is CC1=C(C)C2C(=O)N=C(C(C)N3CCC(N(C)S(C)(=O)=O)CC3)N=C2S1. The van der Waals surface area contributed by atoms with E-state index in [2.05, 4.69) is 14.9 Å². The van der Waals surface area contributed by atoms with Crippen LogP contribution in [0.25, 0.3) is 0 Å². The monoisotopic (exact) mass is 398 g/mol. The quantitative estimate of drug-likeness (QED) is 0.720. The number of carbonyl (C=O) groups excluding carboxylic acids is 1. The Kier molecular flexibility index (Phi) is 5.45. The van der Waals surface area contributed by atoms with E-state index < -0.39 is 10.0 Å². The topological polar surface area (TPSA) is 82.4 Å². The van der Waals surface area contributed by atoms with E-state index in [9.17, 15) is 13.2 Å². The summed E-state index contributed by atoms with van der Waals surface area (Å²) in [5.41, 5.74) is 1.05. The van der Waals surface area contributed by atoms with E-state index in [1.807, 2.05) is 20.8 Å². The maximum absolute atomic E-state index is 12.5. The normalized spacial score (nSPS) is 26.8. The highest BCUT2D eigenvalue weighted by Gasteiger charge is 2.38. The molecule has 0 aromatic rings. The Morgan fingerprint density at radius 2 is 1.85 bits per heavy atom. The van der Waals surface area contributed by atoms with E-state index in [1.165, 1.54) is 10.6 Å². The Bertz CT molecular complexity index is 808. The maximum Gasteiger partial charge on any atom is 0.261 e. The first-order chi connectivity index (χ1) is 12.1. The van der Waals surface area contributed by atoms with Crippen LogP contribution in [-0.4, -0.2) is 72.9 Å². The second-order valence-corrected chi connectivity index (χ2v) is 10.5. The fourth-order valence-electron chi connectivity index (χ4n) is 3.64. The molecule has 0 N–H and O–H groups in total. The molecule has 2 atom stereocenters. The number of hydrogen-bond donors (Lipinski definition) is 0. The first-order valence-corrected chi connectivity index (χ1v) is 11.5. The van der Waals surface area contributed by atoms with Gasteiger partial charge in [-0.2, -0.15) is 4.99 Å².